The maximum absolute atomic E-state index is 3.88. The summed E-state index contributed by atoms with van der Waals surface area (Å²) in [5, 5.41) is 3.39. The minimum Gasteiger partial charge on any atom is -0.356 e. The fourth-order valence-electron chi connectivity index (χ4n) is 2.55. The number of nitrogens with one attached hydrogen (secondary N) is 1. The first kappa shape index (κ1) is 14.9. The molecule has 0 bridgehead atoms. The van der Waals surface area contributed by atoms with Gasteiger partial charge in [0.1, 0.15) is 0 Å². The molecular formula is C22H19N. The van der Waals surface area contributed by atoms with Gasteiger partial charge in [-0.25, -0.2) is 0 Å². The van der Waals surface area contributed by atoms with Gasteiger partial charge in [0.05, 0.1) is 0 Å². The molecule has 0 saturated heterocycles. The molecule has 3 rings (SSSR count). The Morgan fingerprint density at radius 3 is 1.87 bits per heavy atom. The number of benzene rings is 3. The minimum atomic E-state index is 1.08. The molecule has 0 atom stereocenters. The molecule has 0 radical (unpaired) electrons. The van der Waals surface area contributed by atoms with E-state index < -0.39 is 0 Å². The lowest BCUT2D eigenvalue weighted by Crippen LogP contribution is -1.89. The molecule has 0 aliphatic carbocycles. The molecule has 23 heavy (non-hydrogen) atoms. The lowest BCUT2D eigenvalue weighted by molar-refractivity contribution is 1.53. The van der Waals surface area contributed by atoms with Gasteiger partial charge in [0.2, 0.25) is 0 Å². The standard InChI is InChI=1S/C22H19N/c1-3-17-10-11-20(16-18(17)4-2)19-12-14-22(15-13-19)23-21-8-6-5-7-9-21/h3-16,23H,1-2H2. The number of para-hydroxylation sites is 1. The van der Waals surface area contributed by atoms with Crippen LogP contribution in [0.1, 0.15) is 11.1 Å². The highest BCUT2D eigenvalue weighted by molar-refractivity contribution is 5.74. The van der Waals surface area contributed by atoms with Gasteiger partial charge in [0, 0.05) is 11.4 Å². The van der Waals surface area contributed by atoms with Crippen molar-refractivity contribution < 1.29 is 0 Å². The molecule has 1 heteroatoms. The third-order valence-electron chi connectivity index (χ3n) is 3.81. The fourth-order valence-corrected chi connectivity index (χ4v) is 2.55. The largest absolute Gasteiger partial charge is 0.356 e. The molecule has 1 N–H and O–H groups in total. The predicted molar refractivity (Wildman–Crippen MR) is 102 cm³/mol. The van der Waals surface area contributed by atoms with E-state index in [0.29, 0.717) is 0 Å². The van der Waals surface area contributed by atoms with Crippen LogP contribution in [0.5, 0.6) is 0 Å². The molecule has 0 heterocycles. The maximum atomic E-state index is 3.88. The zero-order chi connectivity index (χ0) is 16.1. The first-order valence-electron chi connectivity index (χ1n) is 7.61. The molecule has 0 fully saturated rings. The summed E-state index contributed by atoms with van der Waals surface area (Å²) in [6, 6.07) is 24.9. The van der Waals surface area contributed by atoms with Crippen molar-refractivity contribution in [2.45, 2.75) is 0 Å². The van der Waals surface area contributed by atoms with Crippen LogP contribution in [0, 0.1) is 0 Å². The van der Waals surface area contributed by atoms with E-state index in [4.69, 9.17) is 0 Å². The predicted octanol–water partition coefficient (Wildman–Crippen LogP) is 6.38. The monoisotopic (exact) mass is 297 g/mol. The van der Waals surface area contributed by atoms with E-state index in [1.165, 1.54) is 11.1 Å². The van der Waals surface area contributed by atoms with Gasteiger partial charge in [0.25, 0.3) is 0 Å². The third kappa shape index (κ3) is 3.41. The summed E-state index contributed by atoms with van der Waals surface area (Å²) in [7, 11) is 0. The van der Waals surface area contributed by atoms with Crippen molar-refractivity contribution in [2.24, 2.45) is 0 Å². The molecule has 0 spiro atoms. The van der Waals surface area contributed by atoms with Crippen LogP contribution in [0.25, 0.3) is 23.3 Å². The minimum absolute atomic E-state index is 1.08. The van der Waals surface area contributed by atoms with Crippen LogP contribution in [-0.2, 0) is 0 Å². The Bertz CT molecular complexity index is 814. The molecule has 0 unspecified atom stereocenters. The smallest absolute Gasteiger partial charge is 0.0384 e. The van der Waals surface area contributed by atoms with E-state index in [1.807, 2.05) is 30.4 Å². The average Bonchev–Trinajstić information content (AvgIpc) is 2.62. The van der Waals surface area contributed by atoms with Crippen molar-refractivity contribution in [3.63, 3.8) is 0 Å². The van der Waals surface area contributed by atoms with Crippen molar-refractivity contribution in [1.29, 1.82) is 0 Å². The van der Waals surface area contributed by atoms with E-state index in [0.717, 1.165) is 22.5 Å². The molecule has 3 aromatic carbocycles. The number of hydrogen-bond acceptors (Lipinski definition) is 1. The second kappa shape index (κ2) is 6.80. The first-order chi connectivity index (χ1) is 11.3. The quantitative estimate of drug-likeness (QED) is 0.576. The van der Waals surface area contributed by atoms with Crippen LogP contribution in [0.3, 0.4) is 0 Å². The highest BCUT2D eigenvalue weighted by Crippen LogP contribution is 2.26. The molecular weight excluding hydrogens is 278 g/mol. The van der Waals surface area contributed by atoms with Gasteiger partial charge < -0.3 is 5.32 Å². The number of rotatable bonds is 5. The maximum Gasteiger partial charge on any atom is 0.0384 e. The molecule has 0 aliphatic heterocycles. The zero-order valence-electron chi connectivity index (χ0n) is 13.0. The fraction of sp³-hybridized carbons (Fsp3) is 0. The van der Waals surface area contributed by atoms with Crippen molar-refractivity contribution in [3.05, 3.63) is 97.1 Å². The summed E-state index contributed by atoms with van der Waals surface area (Å²) in [6.45, 7) is 7.71. The summed E-state index contributed by atoms with van der Waals surface area (Å²) in [6.07, 6.45) is 3.72. The molecule has 112 valence electrons. The molecule has 1 nitrogen and oxygen atoms in total. The van der Waals surface area contributed by atoms with Crippen LogP contribution in [0.15, 0.2) is 86.0 Å². The van der Waals surface area contributed by atoms with Crippen LogP contribution in [0.4, 0.5) is 11.4 Å². The Labute approximate surface area is 137 Å². The summed E-state index contributed by atoms with van der Waals surface area (Å²) in [5.74, 6) is 0. The molecule has 0 aliphatic rings. The third-order valence-corrected chi connectivity index (χ3v) is 3.81. The van der Waals surface area contributed by atoms with Crippen molar-refractivity contribution >= 4 is 23.5 Å². The van der Waals surface area contributed by atoms with Crippen molar-refractivity contribution in [3.8, 4) is 11.1 Å². The molecule has 0 saturated carbocycles. The lowest BCUT2D eigenvalue weighted by Gasteiger charge is -2.09. The summed E-state index contributed by atoms with van der Waals surface area (Å²) >= 11 is 0. The number of anilines is 2. The Kier molecular flexibility index (Phi) is 4.39. The second-order valence-electron chi connectivity index (χ2n) is 5.32. The zero-order valence-corrected chi connectivity index (χ0v) is 13.0. The van der Waals surface area contributed by atoms with Crippen LogP contribution >= 0.6 is 0 Å². The van der Waals surface area contributed by atoms with Gasteiger partial charge in [0.15, 0.2) is 0 Å². The Balaban J connectivity index is 1.85. The second-order valence-corrected chi connectivity index (χ2v) is 5.32. The molecule has 0 aromatic heterocycles. The highest BCUT2D eigenvalue weighted by atomic mass is 14.9. The summed E-state index contributed by atoms with van der Waals surface area (Å²) in [4.78, 5) is 0. The van der Waals surface area contributed by atoms with Crippen LogP contribution in [0.2, 0.25) is 0 Å². The topological polar surface area (TPSA) is 12.0 Å². The lowest BCUT2D eigenvalue weighted by atomic mass is 9.99. The van der Waals surface area contributed by atoms with E-state index in [-0.39, 0.29) is 0 Å². The molecule has 0 amide bonds. The average molecular weight is 297 g/mol. The van der Waals surface area contributed by atoms with Gasteiger partial charge in [-0.15, -0.1) is 0 Å². The van der Waals surface area contributed by atoms with E-state index in [9.17, 15) is 0 Å². The molecule has 3 aromatic rings. The van der Waals surface area contributed by atoms with E-state index >= 15 is 0 Å². The normalized spacial score (nSPS) is 10.1. The van der Waals surface area contributed by atoms with Gasteiger partial charge in [-0.05, 0) is 52.6 Å². The SMILES string of the molecule is C=Cc1ccc(-c2ccc(Nc3ccccc3)cc2)cc1C=C. The van der Waals surface area contributed by atoms with E-state index in [2.05, 4.69) is 73.1 Å². The summed E-state index contributed by atoms with van der Waals surface area (Å²) < 4.78 is 0. The van der Waals surface area contributed by atoms with Crippen molar-refractivity contribution in [1.82, 2.24) is 0 Å². The van der Waals surface area contributed by atoms with Crippen molar-refractivity contribution in [2.75, 3.05) is 5.32 Å². The number of hydrogen-bond donors (Lipinski definition) is 1. The highest BCUT2D eigenvalue weighted by Gasteiger charge is 2.02. The summed E-state index contributed by atoms with van der Waals surface area (Å²) in [5.41, 5.74) is 6.73. The van der Waals surface area contributed by atoms with Gasteiger partial charge >= 0.3 is 0 Å². The Morgan fingerprint density at radius 2 is 1.22 bits per heavy atom. The Morgan fingerprint density at radius 1 is 0.609 bits per heavy atom. The van der Waals surface area contributed by atoms with E-state index in [1.54, 1.807) is 0 Å². The van der Waals surface area contributed by atoms with Gasteiger partial charge in [-0.2, -0.15) is 0 Å². The van der Waals surface area contributed by atoms with Gasteiger partial charge in [-0.1, -0.05) is 67.8 Å². The van der Waals surface area contributed by atoms with Crippen LogP contribution < -0.4 is 5.32 Å². The van der Waals surface area contributed by atoms with Gasteiger partial charge in [-0.3, -0.25) is 0 Å². The Hall–Kier alpha value is -3.06. The first-order valence-corrected chi connectivity index (χ1v) is 7.61. The van der Waals surface area contributed by atoms with Crippen LogP contribution in [-0.4, -0.2) is 0 Å².